The smallest absolute Gasteiger partial charge is 0.409 e. The lowest BCUT2D eigenvalue weighted by molar-refractivity contribution is -0.129. The fourth-order valence-electron chi connectivity index (χ4n) is 4.60. The Hall–Kier alpha value is -1.37. The van der Waals surface area contributed by atoms with Crippen LogP contribution in [-0.2, 0) is 9.53 Å². The van der Waals surface area contributed by atoms with Gasteiger partial charge < -0.3 is 19.9 Å². The fourth-order valence-corrected chi connectivity index (χ4v) is 4.60. The van der Waals surface area contributed by atoms with Crippen molar-refractivity contribution in [3.63, 3.8) is 0 Å². The molecule has 0 radical (unpaired) electrons. The molecule has 2 heterocycles. The van der Waals surface area contributed by atoms with Gasteiger partial charge in [0.2, 0.25) is 5.91 Å². The molecule has 6 nitrogen and oxygen atoms in total. The van der Waals surface area contributed by atoms with Crippen molar-refractivity contribution in [3.05, 3.63) is 0 Å². The first-order chi connectivity index (χ1) is 13.0. The number of hydrogen-bond acceptors (Lipinski definition) is 4. The van der Waals surface area contributed by atoms with Crippen molar-refractivity contribution in [2.24, 2.45) is 5.92 Å². The first kappa shape index (κ1) is 20.4. The minimum atomic E-state index is -0.635. The Bertz CT molecular complexity index is 519. The zero-order valence-electron chi connectivity index (χ0n) is 16.6. The lowest BCUT2D eigenvalue weighted by Crippen LogP contribution is -2.54. The molecule has 3 aliphatic rings. The van der Waals surface area contributed by atoms with Crippen LogP contribution in [0.2, 0.25) is 0 Å². The zero-order valence-corrected chi connectivity index (χ0v) is 16.6. The first-order valence-electron chi connectivity index (χ1n) is 10.5. The third-order valence-electron chi connectivity index (χ3n) is 6.56. The van der Waals surface area contributed by atoms with Crippen molar-refractivity contribution in [2.75, 3.05) is 39.5 Å². The zero-order chi connectivity index (χ0) is 19.3. The van der Waals surface area contributed by atoms with Gasteiger partial charge in [-0.05, 0) is 71.4 Å². The Balaban J connectivity index is 1.41. The molecule has 0 spiro atoms. The van der Waals surface area contributed by atoms with Crippen molar-refractivity contribution in [3.8, 4) is 0 Å². The molecule has 0 aromatic carbocycles. The molecule has 2 saturated heterocycles. The molecular weight excluding hydrogens is 349 g/mol. The van der Waals surface area contributed by atoms with Gasteiger partial charge in [0, 0.05) is 30.6 Å². The van der Waals surface area contributed by atoms with Crippen LogP contribution in [0.1, 0.15) is 58.3 Å². The Morgan fingerprint density at radius 2 is 1.81 bits per heavy atom. The predicted molar refractivity (Wildman–Crippen MR) is 101 cm³/mol. The molecule has 0 bridgehead atoms. The second-order valence-electron chi connectivity index (χ2n) is 8.59. The Morgan fingerprint density at radius 3 is 2.44 bits per heavy atom. The van der Waals surface area contributed by atoms with Gasteiger partial charge in [-0.3, -0.25) is 4.79 Å². The van der Waals surface area contributed by atoms with Gasteiger partial charge in [-0.2, -0.15) is 0 Å². The Labute approximate surface area is 161 Å². The highest BCUT2D eigenvalue weighted by molar-refractivity contribution is 5.79. The molecule has 1 atom stereocenters. The van der Waals surface area contributed by atoms with E-state index in [1.807, 2.05) is 0 Å². The van der Waals surface area contributed by atoms with Gasteiger partial charge in [-0.25, -0.2) is 9.18 Å². The van der Waals surface area contributed by atoms with Crippen LogP contribution in [-0.4, -0.2) is 72.8 Å². The molecule has 7 heteroatoms. The minimum Gasteiger partial charge on any atom is -0.447 e. The summed E-state index contributed by atoms with van der Waals surface area (Å²) in [5.74, 6) is 0.371. The van der Waals surface area contributed by atoms with E-state index >= 15 is 0 Å². The van der Waals surface area contributed by atoms with Crippen LogP contribution >= 0.6 is 0 Å². The van der Waals surface area contributed by atoms with Crippen molar-refractivity contribution in [1.29, 1.82) is 0 Å². The van der Waals surface area contributed by atoms with Gasteiger partial charge in [0.05, 0.1) is 0 Å². The molecule has 27 heavy (non-hydrogen) atoms. The van der Waals surface area contributed by atoms with Crippen molar-refractivity contribution >= 4 is 12.0 Å². The van der Waals surface area contributed by atoms with Crippen LogP contribution in [0.4, 0.5) is 9.18 Å². The van der Waals surface area contributed by atoms with E-state index in [2.05, 4.69) is 17.1 Å². The van der Waals surface area contributed by atoms with Crippen molar-refractivity contribution in [2.45, 2.75) is 69.9 Å². The number of hydrogen-bond donors (Lipinski definition) is 1. The molecule has 2 aliphatic heterocycles. The lowest BCUT2D eigenvalue weighted by Gasteiger charge is -2.42. The van der Waals surface area contributed by atoms with Gasteiger partial charge in [0.1, 0.15) is 13.3 Å². The summed E-state index contributed by atoms with van der Waals surface area (Å²) in [5, 5.41) is 3.26. The summed E-state index contributed by atoms with van der Waals surface area (Å²) in [6.07, 6.45) is 7.77. The van der Waals surface area contributed by atoms with Crippen LogP contribution in [0.25, 0.3) is 0 Å². The van der Waals surface area contributed by atoms with Gasteiger partial charge in [0.25, 0.3) is 0 Å². The first-order valence-corrected chi connectivity index (χ1v) is 10.5. The van der Waals surface area contributed by atoms with Crippen LogP contribution in [0, 0.1) is 5.92 Å². The number of alkyl halides is 1. The van der Waals surface area contributed by atoms with Crippen LogP contribution in [0.15, 0.2) is 0 Å². The maximum absolute atomic E-state index is 12.5. The maximum atomic E-state index is 12.5. The fraction of sp³-hybridized carbons (Fsp3) is 0.900. The van der Waals surface area contributed by atoms with Crippen LogP contribution in [0.3, 0.4) is 0 Å². The van der Waals surface area contributed by atoms with E-state index in [9.17, 15) is 14.0 Å². The number of nitrogens with one attached hydrogen (secondary N) is 1. The molecule has 2 amide bonds. The molecule has 3 rings (SSSR count). The summed E-state index contributed by atoms with van der Waals surface area (Å²) in [7, 11) is 0. The largest absolute Gasteiger partial charge is 0.447 e. The lowest BCUT2D eigenvalue weighted by atomic mass is 9.78. The third kappa shape index (κ3) is 5.33. The van der Waals surface area contributed by atoms with Gasteiger partial charge in [-0.15, -0.1) is 0 Å². The molecule has 3 fully saturated rings. The summed E-state index contributed by atoms with van der Waals surface area (Å²) in [5.41, 5.74) is 0.0374. The third-order valence-corrected chi connectivity index (χ3v) is 6.56. The SMILES string of the molecule is CC1(NC(=O)C2CCN(C3CCCN(C(=O)OCCF)CC3)CC2)CCC1. The molecule has 0 aromatic heterocycles. The molecule has 154 valence electrons. The summed E-state index contributed by atoms with van der Waals surface area (Å²) >= 11 is 0. The summed E-state index contributed by atoms with van der Waals surface area (Å²) in [4.78, 5) is 28.7. The summed E-state index contributed by atoms with van der Waals surface area (Å²) < 4.78 is 17.1. The van der Waals surface area contributed by atoms with E-state index in [0.29, 0.717) is 19.1 Å². The number of carbonyl (C=O) groups excluding carboxylic acids is 2. The highest BCUT2D eigenvalue weighted by atomic mass is 19.1. The molecule has 1 aliphatic carbocycles. The highest BCUT2D eigenvalue weighted by Crippen LogP contribution is 2.32. The summed E-state index contributed by atoms with van der Waals surface area (Å²) in [6, 6.07) is 0.456. The van der Waals surface area contributed by atoms with Crippen molar-refractivity contribution < 1.29 is 18.7 Å². The van der Waals surface area contributed by atoms with Crippen LogP contribution in [0.5, 0.6) is 0 Å². The number of likely N-dealkylation sites (tertiary alicyclic amines) is 2. The number of ether oxygens (including phenoxy) is 1. The average molecular weight is 384 g/mol. The topological polar surface area (TPSA) is 61.9 Å². The van der Waals surface area contributed by atoms with Gasteiger partial charge in [0.15, 0.2) is 0 Å². The number of halogens is 1. The van der Waals surface area contributed by atoms with E-state index in [4.69, 9.17) is 4.74 Å². The molecule has 0 aromatic rings. The number of carbonyl (C=O) groups is 2. The Kier molecular flexibility index (Phi) is 6.95. The standard InChI is InChI=1S/C20H34FN3O3/c1-20(8-3-9-20)22-18(25)16-5-12-23(13-6-16)17-4-2-11-24(14-7-17)19(26)27-15-10-21/h16-17H,2-15H2,1H3,(H,22,25). The maximum Gasteiger partial charge on any atom is 0.409 e. The van der Waals surface area contributed by atoms with E-state index < -0.39 is 12.8 Å². The minimum absolute atomic E-state index is 0.0374. The second kappa shape index (κ2) is 9.22. The average Bonchev–Trinajstić information content (AvgIpc) is 2.91. The highest BCUT2D eigenvalue weighted by Gasteiger charge is 2.36. The van der Waals surface area contributed by atoms with Crippen LogP contribution < -0.4 is 5.32 Å². The number of piperidine rings is 1. The Morgan fingerprint density at radius 1 is 1.07 bits per heavy atom. The molecular formula is C20H34FN3O3. The monoisotopic (exact) mass is 383 g/mol. The normalized spacial score (nSPS) is 26.7. The van der Waals surface area contributed by atoms with Gasteiger partial charge in [-0.1, -0.05) is 0 Å². The molecule has 1 saturated carbocycles. The van der Waals surface area contributed by atoms with E-state index in [0.717, 1.165) is 58.0 Å². The molecule has 1 unspecified atom stereocenters. The van der Waals surface area contributed by atoms with E-state index in [-0.39, 0.29) is 24.0 Å². The quantitative estimate of drug-likeness (QED) is 0.793. The number of nitrogens with zero attached hydrogens (tertiary/aromatic N) is 2. The van der Waals surface area contributed by atoms with E-state index in [1.165, 1.54) is 6.42 Å². The second-order valence-corrected chi connectivity index (χ2v) is 8.59. The van der Waals surface area contributed by atoms with E-state index in [1.54, 1.807) is 4.90 Å². The number of amides is 2. The van der Waals surface area contributed by atoms with Crippen molar-refractivity contribution in [1.82, 2.24) is 15.1 Å². The van der Waals surface area contributed by atoms with Gasteiger partial charge >= 0.3 is 6.09 Å². The summed E-state index contributed by atoms with van der Waals surface area (Å²) in [6.45, 7) is 4.60. The molecule has 1 N–H and O–H groups in total. The number of rotatable bonds is 5. The predicted octanol–water partition coefficient (Wildman–Crippen LogP) is 2.72.